The van der Waals surface area contributed by atoms with Gasteiger partial charge in [-0.15, -0.1) is 0 Å². The molecule has 0 saturated carbocycles. The van der Waals surface area contributed by atoms with Gasteiger partial charge in [-0.2, -0.15) is 0 Å². The van der Waals surface area contributed by atoms with Gasteiger partial charge in [0.1, 0.15) is 6.10 Å². The third-order valence-corrected chi connectivity index (χ3v) is 8.99. The van der Waals surface area contributed by atoms with Crippen molar-refractivity contribution in [3.63, 3.8) is 0 Å². The molecular formula is C40H76O4. The van der Waals surface area contributed by atoms with Gasteiger partial charge < -0.3 is 9.84 Å². The Labute approximate surface area is 275 Å². The lowest BCUT2D eigenvalue weighted by molar-refractivity contribution is -0.150. The Morgan fingerprint density at radius 2 is 0.818 bits per heavy atom. The van der Waals surface area contributed by atoms with E-state index in [1.54, 1.807) is 0 Å². The van der Waals surface area contributed by atoms with Gasteiger partial charge in [0.15, 0.2) is 0 Å². The first kappa shape index (κ1) is 42.7. The lowest BCUT2D eigenvalue weighted by Gasteiger charge is -2.18. The first-order valence-electron chi connectivity index (χ1n) is 19.7. The number of rotatable bonds is 36. The van der Waals surface area contributed by atoms with Crippen molar-refractivity contribution in [2.24, 2.45) is 0 Å². The highest BCUT2D eigenvalue weighted by atomic mass is 16.5. The average Bonchev–Trinajstić information content (AvgIpc) is 3.01. The molecule has 0 amide bonds. The van der Waals surface area contributed by atoms with Crippen LogP contribution in [-0.4, -0.2) is 23.1 Å². The van der Waals surface area contributed by atoms with Crippen molar-refractivity contribution in [3.05, 3.63) is 12.2 Å². The van der Waals surface area contributed by atoms with Crippen LogP contribution in [0.5, 0.6) is 0 Å². The predicted octanol–water partition coefficient (Wildman–Crippen LogP) is 13.5. The van der Waals surface area contributed by atoms with Crippen LogP contribution < -0.4 is 0 Å². The highest BCUT2D eigenvalue weighted by Crippen LogP contribution is 2.18. The second kappa shape index (κ2) is 36.2. The number of carboxylic acid groups (broad SMARTS) is 1. The molecule has 0 heterocycles. The van der Waals surface area contributed by atoms with Gasteiger partial charge in [-0.1, -0.05) is 161 Å². The second-order valence-corrected chi connectivity index (χ2v) is 13.5. The molecule has 0 spiro atoms. The van der Waals surface area contributed by atoms with Crippen molar-refractivity contribution < 1.29 is 19.4 Å². The summed E-state index contributed by atoms with van der Waals surface area (Å²) in [7, 11) is 0. The number of carbonyl (C=O) groups excluding carboxylic acids is 1. The van der Waals surface area contributed by atoms with Crippen molar-refractivity contribution in [2.45, 2.75) is 232 Å². The third-order valence-electron chi connectivity index (χ3n) is 8.99. The molecule has 0 bridgehead atoms. The van der Waals surface area contributed by atoms with Crippen molar-refractivity contribution in [3.8, 4) is 0 Å². The summed E-state index contributed by atoms with van der Waals surface area (Å²) in [4.78, 5) is 23.4. The van der Waals surface area contributed by atoms with Crippen LogP contribution in [0.25, 0.3) is 0 Å². The molecule has 0 aromatic heterocycles. The maximum Gasteiger partial charge on any atom is 0.306 e. The van der Waals surface area contributed by atoms with Crippen molar-refractivity contribution in [1.82, 2.24) is 0 Å². The lowest BCUT2D eigenvalue weighted by atomic mass is 10.0. The molecule has 0 rings (SSSR count). The maximum atomic E-state index is 12.5. The number of carboxylic acids is 1. The van der Waals surface area contributed by atoms with Gasteiger partial charge in [-0.3, -0.25) is 9.59 Å². The van der Waals surface area contributed by atoms with Crippen LogP contribution in [0.3, 0.4) is 0 Å². The van der Waals surface area contributed by atoms with Crippen molar-refractivity contribution in [2.75, 3.05) is 0 Å². The minimum atomic E-state index is -0.741. The number of hydrogen-bond donors (Lipinski definition) is 1. The van der Waals surface area contributed by atoms with Crippen LogP contribution in [0.2, 0.25) is 0 Å². The van der Waals surface area contributed by atoms with Crippen LogP contribution in [0.4, 0.5) is 0 Å². The molecule has 4 heteroatoms. The standard InChI is InChI=1S/C40H76O4/c1-3-5-7-9-11-13-15-17-18-19-21-22-24-26-28-30-34-38(35-32-33-36-39(41)42)44-40(43)37-31-29-27-25-23-20-16-14-12-10-8-6-4-2/h14,16,38H,3-13,15,17-37H2,1-2H3,(H,41,42)/b16-14-. The fourth-order valence-electron chi connectivity index (χ4n) is 6.06. The van der Waals surface area contributed by atoms with Gasteiger partial charge in [0.25, 0.3) is 0 Å². The highest BCUT2D eigenvalue weighted by molar-refractivity contribution is 5.69. The minimum Gasteiger partial charge on any atom is -0.481 e. The topological polar surface area (TPSA) is 63.6 Å². The predicted molar refractivity (Wildman–Crippen MR) is 190 cm³/mol. The molecule has 1 N–H and O–H groups in total. The molecule has 0 saturated heterocycles. The number of esters is 1. The Bertz CT molecular complexity index is 629. The SMILES string of the molecule is CCCCCC/C=C\CCCCCCCC(=O)OC(CCCCCCCCCCCCCCCCCC)CCCCC(=O)O. The number of allylic oxidation sites excluding steroid dienone is 2. The minimum absolute atomic E-state index is 0.0447. The van der Waals surface area contributed by atoms with E-state index < -0.39 is 5.97 Å². The molecule has 260 valence electrons. The average molecular weight is 621 g/mol. The Morgan fingerprint density at radius 3 is 1.27 bits per heavy atom. The van der Waals surface area contributed by atoms with Crippen LogP contribution >= 0.6 is 0 Å². The van der Waals surface area contributed by atoms with E-state index in [4.69, 9.17) is 9.84 Å². The molecule has 0 radical (unpaired) electrons. The summed E-state index contributed by atoms with van der Waals surface area (Å²) < 4.78 is 5.89. The zero-order chi connectivity index (χ0) is 32.2. The number of aliphatic carboxylic acids is 1. The number of hydrogen-bond acceptors (Lipinski definition) is 3. The Kier molecular flexibility index (Phi) is 35.1. The summed E-state index contributed by atoms with van der Waals surface area (Å²) >= 11 is 0. The summed E-state index contributed by atoms with van der Waals surface area (Å²) in [6.45, 7) is 4.54. The molecule has 0 aromatic rings. The van der Waals surface area contributed by atoms with E-state index in [0.29, 0.717) is 12.8 Å². The van der Waals surface area contributed by atoms with E-state index in [2.05, 4.69) is 26.0 Å². The van der Waals surface area contributed by atoms with E-state index in [0.717, 1.165) is 38.5 Å². The van der Waals surface area contributed by atoms with E-state index in [1.807, 2.05) is 0 Å². The van der Waals surface area contributed by atoms with E-state index >= 15 is 0 Å². The van der Waals surface area contributed by atoms with E-state index in [9.17, 15) is 9.59 Å². The van der Waals surface area contributed by atoms with Crippen LogP contribution in [0.1, 0.15) is 226 Å². The highest BCUT2D eigenvalue weighted by Gasteiger charge is 2.14. The quantitative estimate of drug-likeness (QED) is 0.0430. The van der Waals surface area contributed by atoms with Gasteiger partial charge in [-0.25, -0.2) is 0 Å². The molecule has 0 aliphatic rings. The Balaban J connectivity index is 3.87. The molecule has 44 heavy (non-hydrogen) atoms. The Morgan fingerprint density at radius 1 is 0.477 bits per heavy atom. The molecule has 0 aliphatic carbocycles. The molecular weight excluding hydrogens is 544 g/mol. The first-order chi connectivity index (χ1) is 21.6. The van der Waals surface area contributed by atoms with Crippen LogP contribution in [0.15, 0.2) is 12.2 Å². The first-order valence-corrected chi connectivity index (χ1v) is 19.7. The zero-order valence-corrected chi connectivity index (χ0v) is 29.7. The largest absolute Gasteiger partial charge is 0.481 e. The number of unbranched alkanes of at least 4 members (excludes halogenated alkanes) is 25. The van der Waals surface area contributed by atoms with Gasteiger partial charge in [-0.05, 0) is 64.2 Å². The molecule has 4 nitrogen and oxygen atoms in total. The maximum absolute atomic E-state index is 12.5. The zero-order valence-electron chi connectivity index (χ0n) is 29.7. The number of ether oxygens (including phenoxy) is 1. The van der Waals surface area contributed by atoms with E-state index in [-0.39, 0.29) is 18.5 Å². The fourth-order valence-corrected chi connectivity index (χ4v) is 6.06. The van der Waals surface area contributed by atoms with Crippen LogP contribution in [-0.2, 0) is 14.3 Å². The summed E-state index contributed by atoms with van der Waals surface area (Å²) in [5.74, 6) is -0.800. The summed E-state index contributed by atoms with van der Waals surface area (Å²) in [5.41, 5.74) is 0. The summed E-state index contributed by atoms with van der Waals surface area (Å²) in [6, 6.07) is 0. The van der Waals surface area contributed by atoms with Gasteiger partial charge in [0.05, 0.1) is 0 Å². The molecule has 1 atom stereocenters. The summed E-state index contributed by atoms with van der Waals surface area (Å²) in [5, 5.41) is 8.94. The second-order valence-electron chi connectivity index (χ2n) is 13.5. The summed E-state index contributed by atoms with van der Waals surface area (Å²) in [6.07, 6.45) is 43.7. The molecule has 1 unspecified atom stereocenters. The molecule has 0 aromatic carbocycles. The van der Waals surface area contributed by atoms with Gasteiger partial charge in [0.2, 0.25) is 0 Å². The normalized spacial score (nSPS) is 12.2. The van der Waals surface area contributed by atoms with Crippen molar-refractivity contribution >= 4 is 11.9 Å². The van der Waals surface area contributed by atoms with Crippen LogP contribution in [0, 0.1) is 0 Å². The fraction of sp³-hybridized carbons (Fsp3) is 0.900. The monoisotopic (exact) mass is 621 g/mol. The van der Waals surface area contributed by atoms with Gasteiger partial charge in [0, 0.05) is 12.8 Å². The van der Waals surface area contributed by atoms with Gasteiger partial charge >= 0.3 is 11.9 Å². The van der Waals surface area contributed by atoms with E-state index in [1.165, 1.54) is 154 Å². The molecule has 0 fully saturated rings. The smallest absolute Gasteiger partial charge is 0.306 e. The van der Waals surface area contributed by atoms with Crippen molar-refractivity contribution in [1.29, 1.82) is 0 Å². The number of carbonyl (C=O) groups is 2. The molecule has 0 aliphatic heterocycles. The third kappa shape index (κ3) is 35.2. The Hall–Kier alpha value is -1.32. The lowest BCUT2D eigenvalue weighted by Crippen LogP contribution is -2.18.